The molecule has 0 amide bonds. The summed E-state index contributed by atoms with van der Waals surface area (Å²) in [6.07, 6.45) is -1.04. The molecule has 3 rings (SSSR count). The zero-order valence-electron chi connectivity index (χ0n) is 9.26. The molecule has 1 unspecified atom stereocenters. The van der Waals surface area contributed by atoms with Gasteiger partial charge >= 0.3 is 5.97 Å². The highest BCUT2D eigenvalue weighted by Crippen LogP contribution is 2.42. The minimum atomic E-state index is -1.06. The molecule has 0 bridgehead atoms. The molecule has 0 spiro atoms. The molecule has 0 radical (unpaired) electrons. The van der Waals surface area contributed by atoms with Gasteiger partial charge in [0, 0.05) is 11.1 Å². The second-order valence-electron chi connectivity index (χ2n) is 4.06. The van der Waals surface area contributed by atoms with Gasteiger partial charge in [0.15, 0.2) is 0 Å². The van der Waals surface area contributed by atoms with Crippen LogP contribution in [0.5, 0.6) is 5.75 Å². The molecular formula is C14H9FO3. The number of hydrogen-bond donors (Lipinski definition) is 1. The third kappa shape index (κ3) is 1.54. The maximum atomic E-state index is 13.3. The molecule has 0 saturated heterocycles. The first-order chi connectivity index (χ1) is 8.66. The number of halogens is 1. The molecule has 90 valence electrons. The highest BCUT2D eigenvalue weighted by Gasteiger charge is 2.30. The number of benzene rings is 2. The molecule has 0 saturated carbocycles. The van der Waals surface area contributed by atoms with Crippen molar-refractivity contribution < 1.29 is 19.0 Å². The maximum absolute atomic E-state index is 13.3. The molecule has 1 aliphatic heterocycles. The molecular weight excluding hydrogens is 235 g/mol. The van der Waals surface area contributed by atoms with E-state index in [0.717, 1.165) is 0 Å². The summed E-state index contributed by atoms with van der Waals surface area (Å²) in [7, 11) is 0. The summed E-state index contributed by atoms with van der Waals surface area (Å²) in [5.41, 5.74) is 1.83. The smallest absolute Gasteiger partial charge is 0.349 e. The van der Waals surface area contributed by atoms with Crippen molar-refractivity contribution in [3.05, 3.63) is 53.8 Å². The van der Waals surface area contributed by atoms with Crippen LogP contribution in [-0.2, 0) is 4.79 Å². The number of fused-ring (bicyclic) bond motifs is 3. The van der Waals surface area contributed by atoms with Crippen molar-refractivity contribution >= 4 is 5.97 Å². The van der Waals surface area contributed by atoms with Gasteiger partial charge in [-0.05, 0) is 23.8 Å². The fourth-order valence-corrected chi connectivity index (χ4v) is 2.16. The topological polar surface area (TPSA) is 46.5 Å². The van der Waals surface area contributed by atoms with E-state index in [2.05, 4.69) is 0 Å². The van der Waals surface area contributed by atoms with Gasteiger partial charge in [0.25, 0.3) is 0 Å². The number of carboxylic acids is 1. The average Bonchev–Trinajstić information content (AvgIpc) is 2.37. The molecule has 1 heterocycles. The average molecular weight is 244 g/mol. The predicted octanol–water partition coefficient (Wildman–Crippen LogP) is 3.01. The molecule has 3 nitrogen and oxygen atoms in total. The number of ether oxygens (including phenoxy) is 1. The van der Waals surface area contributed by atoms with Gasteiger partial charge in [-0.15, -0.1) is 0 Å². The molecule has 18 heavy (non-hydrogen) atoms. The molecule has 2 aromatic carbocycles. The fourth-order valence-electron chi connectivity index (χ4n) is 2.16. The Bertz CT molecular complexity index is 637. The van der Waals surface area contributed by atoms with Crippen molar-refractivity contribution in [2.75, 3.05) is 0 Å². The second-order valence-corrected chi connectivity index (χ2v) is 4.06. The zero-order chi connectivity index (χ0) is 12.7. The van der Waals surface area contributed by atoms with Gasteiger partial charge in [-0.25, -0.2) is 9.18 Å². The van der Waals surface area contributed by atoms with Gasteiger partial charge < -0.3 is 9.84 Å². The largest absolute Gasteiger partial charge is 0.478 e. The van der Waals surface area contributed by atoms with Gasteiger partial charge in [-0.1, -0.05) is 24.3 Å². The molecule has 2 aromatic rings. The minimum Gasteiger partial charge on any atom is -0.478 e. The molecule has 0 aliphatic carbocycles. The molecule has 0 fully saturated rings. The molecule has 1 aliphatic rings. The van der Waals surface area contributed by atoms with Crippen LogP contribution in [0.15, 0.2) is 42.5 Å². The van der Waals surface area contributed by atoms with Gasteiger partial charge in [0.05, 0.1) is 0 Å². The van der Waals surface area contributed by atoms with Crippen molar-refractivity contribution in [2.45, 2.75) is 6.10 Å². The van der Waals surface area contributed by atoms with E-state index in [-0.39, 0.29) is 5.82 Å². The number of rotatable bonds is 1. The first-order valence-corrected chi connectivity index (χ1v) is 5.45. The van der Waals surface area contributed by atoms with Crippen LogP contribution in [0.4, 0.5) is 4.39 Å². The number of aliphatic carboxylic acids is 1. The summed E-state index contributed by atoms with van der Waals surface area (Å²) < 4.78 is 18.7. The lowest BCUT2D eigenvalue weighted by Crippen LogP contribution is -2.22. The molecule has 4 heteroatoms. The van der Waals surface area contributed by atoms with Crippen LogP contribution in [0.2, 0.25) is 0 Å². The Labute approximate surface area is 102 Å². The van der Waals surface area contributed by atoms with E-state index in [1.165, 1.54) is 18.2 Å². The maximum Gasteiger partial charge on any atom is 0.349 e. The Kier molecular flexibility index (Phi) is 2.30. The SMILES string of the molecule is O=C(O)C1Oc2ccc(F)cc2-c2ccccc21. The van der Waals surface area contributed by atoms with Crippen LogP contribution < -0.4 is 4.74 Å². The van der Waals surface area contributed by atoms with E-state index in [1.54, 1.807) is 24.3 Å². The van der Waals surface area contributed by atoms with Gasteiger partial charge in [0.2, 0.25) is 6.10 Å². The van der Waals surface area contributed by atoms with Gasteiger partial charge in [0.1, 0.15) is 11.6 Å². The first kappa shape index (κ1) is 10.8. The standard InChI is InChI=1S/C14H9FO3/c15-8-5-6-12-11(7-8)9-3-1-2-4-10(9)13(18-12)14(16)17/h1-7,13H,(H,16,17). The molecule has 1 N–H and O–H groups in total. The number of carbonyl (C=O) groups is 1. The summed E-state index contributed by atoms with van der Waals surface area (Å²) in [5, 5.41) is 9.17. The van der Waals surface area contributed by atoms with Crippen LogP contribution in [0, 0.1) is 5.82 Å². The summed E-state index contributed by atoms with van der Waals surface area (Å²) in [4.78, 5) is 11.2. The van der Waals surface area contributed by atoms with E-state index < -0.39 is 12.1 Å². The zero-order valence-corrected chi connectivity index (χ0v) is 9.26. The third-order valence-electron chi connectivity index (χ3n) is 2.94. The van der Waals surface area contributed by atoms with Crippen LogP contribution >= 0.6 is 0 Å². The summed E-state index contributed by atoms with van der Waals surface area (Å²) in [6, 6.07) is 11.0. The molecule has 1 atom stereocenters. The number of carboxylic acid groups (broad SMARTS) is 1. The van der Waals surface area contributed by atoms with E-state index >= 15 is 0 Å². The van der Waals surface area contributed by atoms with E-state index in [1.807, 2.05) is 0 Å². The highest BCUT2D eigenvalue weighted by atomic mass is 19.1. The van der Waals surface area contributed by atoms with E-state index in [4.69, 9.17) is 9.84 Å². The van der Waals surface area contributed by atoms with Crippen molar-refractivity contribution in [2.24, 2.45) is 0 Å². The Morgan fingerprint density at radius 3 is 2.72 bits per heavy atom. The Morgan fingerprint density at radius 2 is 1.94 bits per heavy atom. The summed E-state index contributed by atoms with van der Waals surface area (Å²) in [6.45, 7) is 0. The van der Waals surface area contributed by atoms with Crippen LogP contribution in [0.25, 0.3) is 11.1 Å². The third-order valence-corrected chi connectivity index (χ3v) is 2.94. The minimum absolute atomic E-state index is 0.374. The lowest BCUT2D eigenvalue weighted by Gasteiger charge is -2.26. The van der Waals surface area contributed by atoms with Crippen LogP contribution in [0.1, 0.15) is 11.7 Å². The molecule has 0 aromatic heterocycles. The lowest BCUT2D eigenvalue weighted by atomic mass is 9.93. The Balaban J connectivity index is 2.26. The van der Waals surface area contributed by atoms with Crippen molar-refractivity contribution in [1.82, 2.24) is 0 Å². The van der Waals surface area contributed by atoms with Crippen LogP contribution in [0.3, 0.4) is 0 Å². The van der Waals surface area contributed by atoms with Crippen molar-refractivity contribution in [3.8, 4) is 16.9 Å². The summed E-state index contributed by atoms with van der Waals surface area (Å²) >= 11 is 0. The lowest BCUT2D eigenvalue weighted by molar-refractivity contribution is -0.145. The van der Waals surface area contributed by atoms with E-state index in [9.17, 15) is 9.18 Å². The highest BCUT2D eigenvalue weighted by molar-refractivity contribution is 5.84. The van der Waals surface area contributed by atoms with Crippen LogP contribution in [-0.4, -0.2) is 11.1 Å². The predicted molar refractivity (Wildman–Crippen MR) is 62.8 cm³/mol. The fraction of sp³-hybridized carbons (Fsp3) is 0.0714. The second kappa shape index (κ2) is 3.84. The van der Waals surface area contributed by atoms with Crippen molar-refractivity contribution in [1.29, 1.82) is 0 Å². The number of hydrogen-bond acceptors (Lipinski definition) is 2. The van der Waals surface area contributed by atoms with E-state index in [0.29, 0.717) is 22.4 Å². The van der Waals surface area contributed by atoms with Gasteiger partial charge in [-0.2, -0.15) is 0 Å². The summed E-state index contributed by atoms with van der Waals surface area (Å²) in [5.74, 6) is -1.04. The Morgan fingerprint density at radius 1 is 1.17 bits per heavy atom. The normalized spacial score (nSPS) is 16.4. The van der Waals surface area contributed by atoms with Gasteiger partial charge in [-0.3, -0.25) is 0 Å². The first-order valence-electron chi connectivity index (χ1n) is 5.45. The van der Waals surface area contributed by atoms with Crippen molar-refractivity contribution in [3.63, 3.8) is 0 Å². The quantitative estimate of drug-likeness (QED) is 0.838. The monoisotopic (exact) mass is 244 g/mol. The Hall–Kier alpha value is -2.36.